The van der Waals surface area contributed by atoms with Crippen LogP contribution in [0.1, 0.15) is 28.8 Å². The predicted molar refractivity (Wildman–Crippen MR) is 96.3 cm³/mol. The third-order valence-corrected chi connectivity index (χ3v) is 5.45. The third kappa shape index (κ3) is 2.83. The fourth-order valence-corrected chi connectivity index (χ4v) is 4.21. The Hall–Kier alpha value is -2.81. The molecule has 0 aliphatic carbocycles. The largest absolute Gasteiger partial charge is 0.485 e. The van der Waals surface area contributed by atoms with Crippen molar-refractivity contribution in [2.75, 3.05) is 6.61 Å². The molecule has 150 valence electrons. The number of ether oxygens (including phenoxy) is 2. The lowest BCUT2D eigenvalue weighted by Crippen LogP contribution is -2.48. The quantitative estimate of drug-likeness (QED) is 0.577. The highest BCUT2D eigenvalue weighted by Gasteiger charge is 2.64. The van der Waals surface area contributed by atoms with Gasteiger partial charge in [-0.3, -0.25) is 14.5 Å². The predicted octanol–water partition coefficient (Wildman–Crippen LogP) is 2.41. The first-order valence-electron chi connectivity index (χ1n) is 9.43. The van der Waals surface area contributed by atoms with Crippen molar-refractivity contribution in [3.63, 3.8) is 0 Å². The summed E-state index contributed by atoms with van der Waals surface area (Å²) < 4.78 is 24.4. The zero-order valence-corrected chi connectivity index (χ0v) is 15.5. The molecule has 8 heteroatoms. The number of hydroxylamine groups is 2. The van der Waals surface area contributed by atoms with Crippen LogP contribution >= 0.6 is 0 Å². The van der Waals surface area contributed by atoms with Crippen molar-refractivity contribution in [3.8, 4) is 5.75 Å². The van der Waals surface area contributed by atoms with Crippen molar-refractivity contribution in [2.24, 2.45) is 0 Å². The maximum atomic E-state index is 13.3. The van der Waals surface area contributed by atoms with Gasteiger partial charge in [0.1, 0.15) is 17.6 Å². The molecule has 0 amide bonds. The van der Waals surface area contributed by atoms with E-state index in [9.17, 15) is 14.0 Å². The van der Waals surface area contributed by atoms with Crippen LogP contribution in [0.4, 0.5) is 4.39 Å². The molecule has 5 rings (SSSR count). The summed E-state index contributed by atoms with van der Waals surface area (Å²) in [6.07, 6.45) is -2.56. The van der Waals surface area contributed by atoms with Crippen LogP contribution in [0.5, 0.6) is 5.75 Å². The second-order valence-electron chi connectivity index (χ2n) is 7.10. The normalized spacial score (nSPS) is 29.7. The molecular weight excluding hydrogens is 381 g/mol. The maximum absolute atomic E-state index is 13.3. The zero-order chi connectivity index (χ0) is 20.1. The SMILES string of the molecule is CCOC(=O)[C@H]1ON2O[C@@H](C(=O)c3ccc(F)cc3)[C@@H]3c4ccccc4O[C@H]1[C@@H]32. The molecule has 3 aliphatic heterocycles. The molecule has 3 aliphatic rings. The van der Waals surface area contributed by atoms with E-state index in [1.165, 1.54) is 29.5 Å². The maximum Gasteiger partial charge on any atom is 0.341 e. The fourth-order valence-electron chi connectivity index (χ4n) is 4.21. The minimum atomic E-state index is -0.988. The Bertz CT molecular complexity index is 964. The minimum Gasteiger partial charge on any atom is -0.485 e. The topological polar surface area (TPSA) is 74.3 Å². The van der Waals surface area contributed by atoms with Gasteiger partial charge in [-0.15, -0.1) is 0 Å². The molecular formula is C21H18FNO6. The van der Waals surface area contributed by atoms with E-state index >= 15 is 0 Å². The van der Waals surface area contributed by atoms with Crippen LogP contribution < -0.4 is 4.74 Å². The van der Waals surface area contributed by atoms with E-state index in [0.717, 1.165) is 5.56 Å². The lowest BCUT2D eigenvalue weighted by atomic mass is 9.79. The van der Waals surface area contributed by atoms with Gasteiger partial charge in [0.25, 0.3) is 0 Å². The molecule has 3 heterocycles. The number of rotatable bonds is 4. The summed E-state index contributed by atoms with van der Waals surface area (Å²) in [5.74, 6) is -1.11. The average Bonchev–Trinajstić information content (AvgIpc) is 3.28. The second-order valence-corrected chi connectivity index (χ2v) is 7.10. The Labute approximate surface area is 165 Å². The molecule has 2 aromatic rings. The summed E-state index contributed by atoms with van der Waals surface area (Å²) in [5.41, 5.74) is 1.13. The van der Waals surface area contributed by atoms with Gasteiger partial charge in [-0.1, -0.05) is 23.4 Å². The highest BCUT2D eigenvalue weighted by Crippen LogP contribution is 2.50. The zero-order valence-electron chi connectivity index (χ0n) is 15.5. The average molecular weight is 399 g/mol. The Morgan fingerprint density at radius 2 is 1.79 bits per heavy atom. The third-order valence-electron chi connectivity index (χ3n) is 5.45. The Kier molecular flexibility index (Phi) is 4.34. The lowest BCUT2D eigenvalue weighted by molar-refractivity contribution is -0.347. The number of hydrogen-bond donors (Lipinski definition) is 0. The summed E-state index contributed by atoms with van der Waals surface area (Å²) >= 11 is 0. The van der Waals surface area contributed by atoms with E-state index in [1.54, 1.807) is 13.0 Å². The number of para-hydroxylation sites is 1. The molecule has 0 N–H and O–H groups in total. The van der Waals surface area contributed by atoms with E-state index < -0.39 is 42.1 Å². The number of carbonyl (C=O) groups excluding carboxylic acids is 2. The molecule has 2 fully saturated rings. The number of hydrogen-bond acceptors (Lipinski definition) is 7. The van der Waals surface area contributed by atoms with Crippen molar-refractivity contribution >= 4 is 11.8 Å². The van der Waals surface area contributed by atoms with Gasteiger partial charge < -0.3 is 9.47 Å². The number of fused-ring (bicyclic) bond motifs is 2. The first kappa shape index (κ1) is 18.2. The van der Waals surface area contributed by atoms with Crippen LogP contribution in [0.2, 0.25) is 0 Å². The van der Waals surface area contributed by atoms with Gasteiger partial charge in [0.2, 0.25) is 6.10 Å². The monoisotopic (exact) mass is 399 g/mol. The van der Waals surface area contributed by atoms with Crippen molar-refractivity contribution < 1.29 is 33.1 Å². The van der Waals surface area contributed by atoms with Gasteiger partial charge in [0, 0.05) is 17.0 Å². The number of nitrogens with zero attached hydrogens (tertiary/aromatic N) is 1. The van der Waals surface area contributed by atoms with E-state index in [1.807, 2.05) is 18.2 Å². The Morgan fingerprint density at radius 3 is 2.55 bits per heavy atom. The van der Waals surface area contributed by atoms with Crippen molar-refractivity contribution in [2.45, 2.75) is 37.2 Å². The minimum absolute atomic E-state index is 0.211. The van der Waals surface area contributed by atoms with Gasteiger partial charge in [-0.05, 0) is 37.3 Å². The summed E-state index contributed by atoms with van der Waals surface area (Å²) in [4.78, 5) is 37.0. The van der Waals surface area contributed by atoms with E-state index in [-0.39, 0.29) is 12.4 Å². The number of benzene rings is 2. The van der Waals surface area contributed by atoms with Crippen LogP contribution in [-0.4, -0.2) is 47.9 Å². The first-order valence-corrected chi connectivity index (χ1v) is 9.43. The molecule has 2 saturated heterocycles. The lowest BCUT2D eigenvalue weighted by Gasteiger charge is -2.33. The van der Waals surface area contributed by atoms with Crippen LogP contribution in [-0.2, 0) is 19.2 Å². The van der Waals surface area contributed by atoms with Crippen LogP contribution in [0.15, 0.2) is 48.5 Å². The highest BCUT2D eigenvalue weighted by atomic mass is 19.1. The van der Waals surface area contributed by atoms with Gasteiger partial charge >= 0.3 is 5.97 Å². The van der Waals surface area contributed by atoms with E-state index in [0.29, 0.717) is 11.3 Å². The van der Waals surface area contributed by atoms with Crippen LogP contribution in [0, 0.1) is 5.82 Å². The molecule has 0 aromatic heterocycles. The summed E-state index contributed by atoms with van der Waals surface area (Å²) in [6, 6.07) is 12.1. The van der Waals surface area contributed by atoms with Gasteiger partial charge in [0.15, 0.2) is 18.0 Å². The van der Waals surface area contributed by atoms with Crippen LogP contribution in [0.3, 0.4) is 0 Å². The summed E-state index contributed by atoms with van der Waals surface area (Å²) in [7, 11) is 0. The Morgan fingerprint density at radius 1 is 1.07 bits per heavy atom. The molecule has 0 radical (unpaired) electrons. The molecule has 0 saturated carbocycles. The summed E-state index contributed by atoms with van der Waals surface area (Å²) in [5, 5.41) is 1.19. The Balaban J connectivity index is 1.53. The van der Waals surface area contributed by atoms with Gasteiger partial charge in [0.05, 0.1) is 6.61 Å². The molecule has 0 bridgehead atoms. The van der Waals surface area contributed by atoms with E-state index in [4.69, 9.17) is 19.1 Å². The molecule has 0 spiro atoms. The van der Waals surface area contributed by atoms with Gasteiger partial charge in [-0.2, -0.15) is 0 Å². The number of Topliss-reactive ketones (excluding diaryl/α,β-unsaturated/α-hetero) is 1. The fraction of sp³-hybridized carbons (Fsp3) is 0.333. The highest BCUT2D eigenvalue weighted by molar-refractivity contribution is 6.00. The summed E-state index contributed by atoms with van der Waals surface area (Å²) in [6.45, 7) is 1.92. The second kappa shape index (κ2) is 6.91. The molecule has 5 atom stereocenters. The molecule has 29 heavy (non-hydrogen) atoms. The van der Waals surface area contributed by atoms with Crippen molar-refractivity contribution in [3.05, 3.63) is 65.5 Å². The molecule has 0 unspecified atom stereocenters. The van der Waals surface area contributed by atoms with Crippen molar-refractivity contribution in [1.29, 1.82) is 0 Å². The first-order chi connectivity index (χ1) is 14.1. The molecule has 7 nitrogen and oxygen atoms in total. The van der Waals surface area contributed by atoms with E-state index in [2.05, 4.69) is 0 Å². The number of halogens is 1. The number of carbonyl (C=O) groups is 2. The molecule has 2 aromatic carbocycles. The smallest absolute Gasteiger partial charge is 0.341 e. The van der Waals surface area contributed by atoms with Gasteiger partial charge in [-0.25, -0.2) is 9.18 Å². The number of ketones is 1. The number of esters is 1. The van der Waals surface area contributed by atoms with Crippen molar-refractivity contribution in [1.82, 2.24) is 5.23 Å². The standard InChI is InChI=1S/C21H18FNO6/c1-2-26-21(25)20-19-16-15(13-5-3-4-6-14(13)27-19)18(28-23(16)29-20)17(24)11-7-9-12(22)10-8-11/h3-10,15-16,18-20H,2H2,1H3/t15-,16-,18-,19+,20+/m1/s1. The van der Waals surface area contributed by atoms with Crippen LogP contribution in [0.25, 0.3) is 0 Å².